The smallest absolute Gasteiger partial charge is 0.312 e. The van der Waals surface area contributed by atoms with E-state index >= 15 is 0 Å². The van der Waals surface area contributed by atoms with Crippen LogP contribution in [0.5, 0.6) is 5.75 Å². The highest BCUT2D eigenvalue weighted by Crippen LogP contribution is 2.35. The van der Waals surface area contributed by atoms with Crippen LogP contribution < -0.4 is 10.5 Å². The Morgan fingerprint density at radius 3 is 2.68 bits per heavy atom. The molecule has 0 unspecified atom stereocenters. The van der Waals surface area contributed by atoms with Crippen LogP contribution >= 0.6 is 27.5 Å². The molecule has 0 saturated heterocycles. The van der Waals surface area contributed by atoms with Gasteiger partial charge >= 0.3 is 6.01 Å². The second-order valence-corrected chi connectivity index (χ2v) is 6.56. The lowest BCUT2D eigenvalue weighted by Gasteiger charge is -2.12. The summed E-state index contributed by atoms with van der Waals surface area (Å²) in [5.74, 6) is 0.616. The van der Waals surface area contributed by atoms with Crippen molar-refractivity contribution >= 4 is 33.5 Å². The molecule has 0 atom stereocenters. The van der Waals surface area contributed by atoms with Gasteiger partial charge in [0.2, 0.25) is 5.89 Å². The Labute approximate surface area is 157 Å². The topological polar surface area (TPSA) is 74.2 Å². The number of aromatic nitrogens is 2. The molecular formula is C17H14BrClFN3O2. The Bertz CT molecular complexity index is 865. The minimum absolute atomic E-state index is 0.0473. The third-order valence-electron chi connectivity index (χ3n) is 3.50. The van der Waals surface area contributed by atoms with Gasteiger partial charge < -0.3 is 14.9 Å². The molecule has 0 radical (unpaired) electrons. The normalized spacial score (nSPS) is 10.8. The molecule has 0 amide bonds. The van der Waals surface area contributed by atoms with Gasteiger partial charge in [-0.2, -0.15) is 0 Å². The van der Waals surface area contributed by atoms with Gasteiger partial charge in [0.05, 0.1) is 9.50 Å². The zero-order valence-electron chi connectivity index (χ0n) is 13.0. The third kappa shape index (κ3) is 4.49. The van der Waals surface area contributed by atoms with Gasteiger partial charge in [-0.1, -0.05) is 34.9 Å². The van der Waals surface area contributed by atoms with Crippen LogP contribution in [0.1, 0.15) is 17.0 Å². The second-order valence-electron chi connectivity index (χ2n) is 5.30. The van der Waals surface area contributed by atoms with Gasteiger partial charge in [-0.05, 0) is 46.1 Å². The lowest BCUT2D eigenvalue weighted by Crippen LogP contribution is -2.00. The number of hydrogen-bond acceptors (Lipinski definition) is 5. The Morgan fingerprint density at radius 2 is 2.00 bits per heavy atom. The molecule has 0 saturated carbocycles. The summed E-state index contributed by atoms with van der Waals surface area (Å²) in [4.78, 5) is 0. The number of anilines is 1. The molecule has 3 rings (SSSR count). The van der Waals surface area contributed by atoms with Crippen LogP contribution in [0, 0.1) is 5.82 Å². The Balaban J connectivity index is 1.68. The van der Waals surface area contributed by atoms with Gasteiger partial charge in [0.25, 0.3) is 0 Å². The molecule has 2 N–H and O–H groups in total. The van der Waals surface area contributed by atoms with Crippen LogP contribution in [0.2, 0.25) is 5.02 Å². The maximum Gasteiger partial charge on any atom is 0.312 e. The molecule has 1 heterocycles. The highest BCUT2D eigenvalue weighted by atomic mass is 79.9. The van der Waals surface area contributed by atoms with E-state index < -0.39 is 0 Å². The van der Waals surface area contributed by atoms with Gasteiger partial charge in [0, 0.05) is 12.0 Å². The Hall–Kier alpha value is -2.12. The zero-order chi connectivity index (χ0) is 17.8. The quantitative estimate of drug-likeness (QED) is 0.625. The summed E-state index contributed by atoms with van der Waals surface area (Å²) in [5.41, 5.74) is 6.82. The van der Waals surface area contributed by atoms with E-state index in [0.717, 1.165) is 5.56 Å². The van der Waals surface area contributed by atoms with E-state index in [2.05, 4.69) is 26.1 Å². The van der Waals surface area contributed by atoms with Gasteiger partial charge in [0.15, 0.2) is 5.75 Å². The predicted octanol–water partition coefficient (Wildman–Crippen LogP) is 4.57. The van der Waals surface area contributed by atoms with E-state index in [-0.39, 0.29) is 18.4 Å². The number of ether oxygens (including phenoxy) is 1. The van der Waals surface area contributed by atoms with Crippen molar-refractivity contribution in [2.75, 3.05) is 5.73 Å². The average Bonchev–Trinajstić information content (AvgIpc) is 2.99. The first-order valence-corrected chi connectivity index (χ1v) is 8.62. The maximum absolute atomic E-state index is 13.7. The lowest BCUT2D eigenvalue weighted by atomic mass is 10.1. The number of nitrogens with zero attached hydrogens (tertiary/aromatic N) is 2. The fraction of sp³-hybridized carbons (Fsp3) is 0.176. The molecule has 0 aliphatic heterocycles. The molecule has 0 bridgehead atoms. The van der Waals surface area contributed by atoms with Crippen molar-refractivity contribution < 1.29 is 13.5 Å². The summed E-state index contributed by atoms with van der Waals surface area (Å²) in [6.45, 7) is 0.0889. The largest absolute Gasteiger partial charge is 0.486 e. The molecule has 0 fully saturated rings. The van der Waals surface area contributed by atoms with Crippen molar-refractivity contribution in [1.82, 2.24) is 10.2 Å². The second kappa shape index (κ2) is 7.84. The molecule has 8 heteroatoms. The first kappa shape index (κ1) is 17.7. The zero-order valence-corrected chi connectivity index (χ0v) is 15.3. The third-order valence-corrected chi connectivity index (χ3v) is 4.37. The molecule has 25 heavy (non-hydrogen) atoms. The molecule has 0 aliphatic rings. The summed E-state index contributed by atoms with van der Waals surface area (Å²) >= 11 is 9.75. The van der Waals surface area contributed by atoms with Crippen LogP contribution in [0.25, 0.3) is 0 Å². The lowest BCUT2D eigenvalue weighted by molar-refractivity contribution is 0.298. The van der Waals surface area contributed by atoms with E-state index in [1.807, 2.05) is 6.07 Å². The first-order valence-electron chi connectivity index (χ1n) is 7.45. The summed E-state index contributed by atoms with van der Waals surface area (Å²) in [7, 11) is 0. The maximum atomic E-state index is 13.7. The van der Waals surface area contributed by atoms with Crippen molar-refractivity contribution in [3.05, 3.63) is 68.7 Å². The number of aryl methyl sites for hydroxylation is 2. The van der Waals surface area contributed by atoms with E-state index in [9.17, 15) is 4.39 Å². The van der Waals surface area contributed by atoms with Crippen molar-refractivity contribution in [3.8, 4) is 5.75 Å². The van der Waals surface area contributed by atoms with Gasteiger partial charge in [-0.25, -0.2) is 4.39 Å². The predicted molar refractivity (Wildman–Crippen MR) is 96.0 cm³/mol. The number of halogens is 3. The minimum atomic E-state index is -0.315. The first-order chi connectivity index (χ1) is 12.0. The number of nitrogens with two attached hydrogens (primary N) is 1. The van der Waals surface area contributed by atoms with Crippen molar-refractivity contribution in [2.24, 2.45) is 0 Å². The Morgan fingerprint density at radius 1 is 1.20 bits per heavy atom. The monoisotopic (exact) mass is 425 g/mol. The summed E-state index contributed by atoms with van der Waals surface area (Å²) < 4.78 is 25.2. The molecule has 3 aromatic rings. The standard InChI is InChI=1S/C17H14BrClFN3O2/c18-12-7-10(5-6-15-22-23-17(21)25-15)8-13(19)16(12)24-9-11-3-1-2-4-14(11)20/h1-4,7-8H,5-6,9H2,(H2,21,23). The summed E-state index contributed by atoms with van der Waals surface area (Å²) in [5, 5.41) is 7.87. The minimum Gasteiger partial charge on any atom is -0.486 e. The van der Waals surface area contributed by atoms with Gasteiger partial charge in [-0.3, -0.25) is 0 Å². The molecule has 0 aliphatic carbocycles. The SMILES string of the molecule is Nc1nnc(CCc2cc(Cl)c(OCc3ccccc3F)c(Br)c2)o1. The van der Waals surface area contributed by atoms with Crippen molar-refractivity contribution in [3.63, 3.8) is 0 Å². The summed E-state index contributed by atoms with van der Waals surface area (Å²) in [6.07, 6.45) is 1.19. The summed E-state index contributed by atoms with van der Waals surface area (Å²) in [6, 6.07) is 10.2. The van der Waals surface area contributed by atoms with Crippen molar-refractivity contribution in [1.29, 1.82) is 0 Å². The van der Waals surface area contributed by atoms with Gasteiger partial charge in [0.1, 0.15) is 12.4 Å². The fourth-order valence-corrected chi connectivity index (χ4v) is 3.31. The van der Waals surface area contributed by atoms with E-state index in [1.165, 1.54) is 6.07 Å². The number of rotatable bonds is 6. The number of nitrogen functional groups attached to an aromatic ring is 1. The van der Waals surface area contributed by atoms with E-state index in [0.29, 0.717) is 39.5 Å². The van der Waals surface area contributed by atoms with E-state index in [1.54, 1.807) is 24.3 Å². The molecule has 2 aromatic carbocycles. The molecule has 1 aromatic heterocycles. The van der Waals surface area contributed by atoms with Crippen LogP contribution in [0.4, 0.5) is 10.4 Å². The molecule has 5 nitrogen and oxygen atoms in total. The van der Waals surface area contributed by atoms with Crippen molar-refractivity contribution in [2.45, 2.75) is 19.4 Å². The number of benzene rings is 2. The molecule has 130 valence electrons. The number of hydrogen-bond donors (Lipinski definition) is 1. The molecular weight excluding hydrogens is 413 g/mol. The van der Waals surface area contributed by atoms with Crippen LogP contribution in [-0.2, 0) is 19.4 Å². The average molecular weight is 427 g/mol. The highest BCUT2D eigenvalue weighted by molar-refractivity contribution is 9.10. The van der Waals surface area contributed by atoms with Crippen LogP contribution in [-0.4, -0.2) is 10.2 Å². The highest BCUT2D eigenvalue weighted by Gasteiger charge is 2.12. The van der Waals surface area contributed by atoms with E-state index in [4.69, 9.17) is 26.5 Å². The Kier molecular flexibility index (Phi) is 5.55. The van der Waals surface area contributed by atoms with Crippen LogP contribution in [0.3, 0.4) is 0 Å². The van der Waals surface area contributed by atoms with Crippen LogP contribution in [0.15, 0.2) is 45.3 Å². The fourth-order valence-electron chi connectivity index (χ4n) is 2.28. The van der Waals surface area contributed by atoms with Gasteiger partial charge in [-0.15, -0.1) is 5.10 Å². The molecule has 0 spiro atoms.